The molecular formula is C12H22N4O. The highest BCUT2D eigenvalue weighted by Gasteiger charge is 2.30. The maximum absolute atomic E-state index is 12.1. The molecule has 2 N–H and O–H groups in total. The highest BCUT2D eigenvalue weighted by atomic mass is 16.2. The van der Waals surface area contributed by atoms with Crippen LogP contribution in [0.25, 0.3) is 0 Å². The molecule has 2 rings (SSSR count). The van der Waals surface area contributed by atoms with Gasteiger partial charge in [-0.3, -0.25) is 10.2 Å². The van der Waals surface area contributed by atoms with Gasteiger partial charge in [0.25, 0.3) is 5.91 Å². The van der Waals surface area contributed by atoms with E-state index in [9.17, 15) is 4.79 Å². The lowest BCUT2D eigenvalue weighted by Gasteiger charge is -2.38. The van der Waals surface area contributed by atoms with Gasteiger partial charge < -0.3 is 5.43 Å². The number of hydrazine groups is 1. The van der Waals surface area contributed by atoms with Gasteiger partial charge in [-0.2, -0.15) is 5.10 Å². The quantitative estimate of drug-likeness (QED) is 0.750. The number of hydrogen-bond acceptors (Lipinski definition) is 4. The van der Waals surface area contributed by atoms with E-state index in [-0.39, 0.29) is 11.8 Å². The average molecular weight is 238 g/mol. The van der Waals surface area contributed by atoms with E-state index in [2.05, 4.69) is 34.8 Å². The molecule has 1 fully saturated rings. The maximum Gasteiger partial charge on any atom is 0.282 e. The van der Waals surface area contributed by atoms with Crippen LogP contribution in [0.1, 0.15) is 40.0 Å². The molecule has 5 heteroatoms. The summed E-state index contributed by atoms with van der Waals surface area (Å²) in [6.45, 7) is 7.09. The van der Waals surface area contributed by atoms with Crippen LogP contribution in [0.15, 0.2) is 5.10 Å². The number of nitrogens with zero attached hydrogens (tertiary/aromatic N) is 2. The van der Waals surface area contributed by atoms with Crippen molar-refractivity contribution in [3.8, 4) is 0 Å². The van der Waals surface area contributed by atoms with Gasteiger partial charge in [0.1, 0.15) is 5.71 Å². The van der Waals surface area contributed by atoms with Crippen LogP contribution in [0.3, 0.4) is 0 Å². The SMILES string of the molecule is CC1CNN=C1C(=O)NN1[C@H](C)CCC[C@H]1C. The van der Waals surface area contributed by atoms with Gasteiger partial charge in [-0.05, 0) is 26.7 Å². The van der Waals surface area contributed by atoms with Crippen LogP contribution < -0.4 is 10.9 Å². The molecule has 0 saturated carbocycles. The summed E-state index contributed by atoms with van der Waals surface area (Å²) in [5.74, 6) is 0.147. The molecule has 0 aromatic rings. The first-order valence-electron chi connectivity index (χ1n) is 6.49. The van der Waals surface area contributed by atoms with Crippen molar-refractivity contribution in [2.45, 2.75) is 52.1 Å². The molecule has 1 unspecified atom stereocenters. The van der Waals surface area contributed by atoms with Crippen molar-refractivity contribution >= 4 is 11.6 Å². The van der Waals surface area contributed by atoms with E-state index in [1.165, 1.54) is 6.42 Å². The fourth-order valence-corrected chi connectivity index (χ4v) is 2.57. The molecule has 2 aliphatic heterocycles. The molecule has 0 aromatic carbocycles. The Morgan fingerprint density at radius 3 is 2.53 bits per heavy atom. The Morgan fingerprint density at radius 1 is 1.35 bits per heavy atom. The monoisotopic (exact) mass is 238 g/mol. The molecule has 96 valence electrons. The lowest BCUT2D eigenvalue weighted by atomic mass is 9.99. The standard InChI is InChI=1S/C12H22N4O/c1-8-7-13-14-11(8)12(17)15-16-9(2)5-4-6-10(16)3/h8-10,13H,4-7H2,1-3H3,(H,15,17)/t8?,9-,10-/m1/s1. The van der Waals surface area contributed by atoms with Crippen LogP contribution >= 0.6 is 0 Å². The van der Waals surface area contributed by atoms with E-state index in [0.29, 0.717) is 17.8 Å². The van der Waals surface area contributed by atoms with Gasteiger partial charge in [0.2, 0.25) is 0 Å². The lowest BCUT2D eigenvalue weighted by molar-refractivity contribution is -0.122. The van der Waals surface area contributed by atoms with Crippen molar-refractivity contribution in [2.24, 2.45) is 11.0 Å². The zero-order valence-electron chi connectivity index (χ0n) is 10.9. The molecule has 3 atom stereocenters. The average Bonchev–Trinajstić information content (AvgIpc) is 2.70. The van der Waals surface area contributed by atoms with Gasteiger partial charge in [0.05, 0.1) is 0 Å². The lowest BCUT2D eigenvalue weighted by Crippen LogP contribution is -2.55. The molecule has 0 aromatic heterocycles. The highest BCUT2D eigenvalue weighted by Crippen LogP contribution is 2.20. The largest absolute Gasteiger partial charge is 0.309 e. The zero-order valence-corrected chi connectivity index (χ0v) is 10.9. The van der Waals surface area contributed by atoms with Crippen molar-refractivity contribution in [1.82, 2.24) is 15.9 Å². The van der Waals surface area contributed by atoms with Crippen molar-refractivity contribution in [1.29, 1.82) is 0 Å². The Balaban J connectivity index is 1.97. The topological polar surface area (TPSA) is 56.7 Å². The van der Waals surface area contributed by atoms with Crippen LogP contribution in [0, 0.1) is 5.92 Å². The summed E-state index contributed by atoms with van der Waals surface area (Å²) in [5, 5.41) is 6.14. The first-order chi connectivity index (χ1) is 8.09. The molecule has 0 spiro atoms. The van der Waals surface area contributed by atoms with Gasteiger partial charge in [-0.15, -0.1) is 0 Å². The van der Waals surface area contributed by atoms with Crippen LogP contribution in [-0.4, -0.2) is 35.3 Å². The third-order valence-electron chi connectivity index (χ3n) is 3.72. The summed E-state index contributed by atoms with van der Waals surface area (Å²) in [4.78, 5) is 12.1. The minimum atomic E-state index is -0.0527. The van der Waals surface area contributed by atoms with E-state index in [1.54, 1.807) is 0 Å². The van der Waals surface area contributed by atoms with Crippen molar-refractivity contribution < 1.29 is 4.79 Å². The second-order valence-corrected chi connectivity index (χ2v) is 5.24. The number of nitrogens with one attached hydrogen (secondary N) is 2. The summed E-state index contributed by atoms with van der Waals surface area (Å²) in [5.41, 5.74) is 6.51. The second-order valence-electron chi connectivity index (χ2n) is 5.24. The van der Waals surface area contributed by atoms with Crippen molar-refractivity contribution in [3.63, 3.8) is 0 Å². The van der Waals surface area contributed by atoms with E-state index in [1.807, 2.05) is 6.92 Å². The third kappa shape index (κ3) is 2.60. The fraction of sp³-hybridized carbons (Fsp3) is 0.833. The van der Waals surface area contributed by atoms with Gasteiger partial charge >= 0.3 is 0 Å². The summed E-state index contributed by atoms with van der Waals surface area (Å²) < 4.78 is 0. The van der Waals surface area contributed by atoms with Gasteiger partial charge in [0, 0.05) is 24.5 Å². The smallest absolute Gasteiger partial charge is 0.282 e. The Bertz CT molecular complexity index is 318. The summed E-state index contributed by atoms with van der Waals surface area (Å²) in [6, 6.07) is 0.820. The first kappa shape index (κ1) is 12.4. The second kappa shape index (κ2) is 5.04. The van der Waals surface area contributed by atoms with Gasteiger partial charge in [-0.1, -0.05) is 13.3 Å². The number of hydrazone groups is 1. The molecule has 17 heavy (non-hydrogen) atoms. The number of amides is 1. The molecule has 0 aliphatic carbocycles. The molecule has 5 nitrogen and oxygen atoms in total. The Labute approximate surface area is 103 Å². The van der Waals surface area contributed by atoms with E-state index in [4.69, 9.17) is 0 Å². The molecule has 1 amide bonds. The van der Waals surface area contributed by atoms with E-state index in [0.717, 1.165) is 19.4 Å². The summed E-state index contributed by atoms with van der Waals surface area (Å²) >= 11 is 0. The van der Waals surface area contributed by atoms with Crippen molar-refractivity contribution in [3.05, 3.63) is 0 Å². The van der Waals surface area contributed by atoms with Crippen LogP contribution in [0.5, 0.6) is 0 Å². The molecule has 2 heterocycles. The molecule has 0 radical (unpaired) electrons. The minimum Gasteiger partial charge on any atom is -0.309 e. The summed E-state index contributed by atoms with van der Waals surface area (Å²) in [7, 11) is 0. The molecule has 1 saturated heterocycles. The van der Waals surface area contributed by atoms with Crippen LogP contribution in [-0.2, 0) is 4.79 Å². The van der Waals surface area contributed by atoms with Crippen LogP contribution in [0.4, 0.5) is 0 Å². The van der Waals surface area contributed by atoms with Gasteiger partial charge in [-0.25, -0.2) is 5.01 Å². The van der Waals surface area contributed by atoms with E-state index >= 15 is 0 Å². The number of rotatable bonds is 2. The molecular weight excluding hydrogens is 216 g/mol. The Hall–Kier alpha value is -1.10. The Kier molecular flexibility index (Phi) is 3.66. The van der Waals surface area contributed by atoms with Gasteiger partial charge in [0.15, 0.2) is 0 Å². The highest BCUT2D eigenvalue weighted by molar-refractivity contribution is 6.39. The normalized spacial score (nSPS) is 34.1. The molecule has 0 bridgehead atoms. The predicted octanol–water partition coefficient (Wildman–Crippen LogP) is 0.876. The number of hydrogen-bond donors (Lipinski definition) is 2. The third-order valence-corrected chi connectivity index (χ3v) is 3.72. The minimum absolute atomic E-state index is 0.0527. The number of piperidine rings is 1. The number of carbonyl (C=O) groups excluding carboxylic acids is 1. The molecule has 2 aliphatic rings. The maximum atomic E-state index is 12.1. The predicted molar refractivity (Wildman–Crippen MR) is 67.4 cm³/mol. The zero-order chi connectivity index (χ0) is 12.4. The van der Waals surface area contributed by atoms with Crippen LogP contribution in [0.2, 0.25) is 0 Å². The first-order valence-corrected chi connectivity index (χ1v) is 6.49. The summed E-state index contributed by atoms with van der Waals surface area (Å²) in [6.07, 6.45) is 3.53. The van der Waals surface area contributed by atoms with Crippen molar-refractivity contribution in [2.75, 3.05) is 6.54 Å². The fourth-order valence-electron chi connectivity index (χ4n) is 2.57. The Morgan fingerprint density at radius 2 is 2.00 bits per heavy atom. The van der Waals surface area contributed by atoms with E-state index < -0.39 is 0 Å². The number of carbonyl (C=O) groups is 1.